The number of hydrogen-bond donors (Lipinski definition) is 2. The number of amides is 1. The molecule has 1 aromatic carbocycles. The van der Waals surface area contributed by atoms with E-state index in [1.807, 2.05) is 41.2 Å². The summed E-state index contributed by atoms with van der Waals surface area (Å²) >= 11 is 0. The molecule has 2 aromatic rings. The quantitative estimate of drug-likeness (QED) is 0.842. The molecule has 3 rings (SSSR count). The van der Waals surface area contributed by atoms with Crippen LogP contribution in [0.1, 0.15) is 43.9 Å². The van der Waals surface area contributed by atoms with Crippen LogP contribution >= 0.6 is 0 Å². The Balaban J connectivity index is 1.69. The maximum Gasteiger partial charge on any atom is 0.249 e. The lowest BCUT2D eigenvalue weighted by Crippen LogP contribution is -2.35. The van der Waals surface area contributed by atoms with Crippen LogP contribution in [0.5, 0.6) is 0 Å². The third kappa shape index (κ3) is 4.08. The number of nitrogens with two attached hydrogens (primary N) is 1. The van der Waals surface area contributed by atoms with E-state index >= 15 is 0 Å². The number of carbonyl (C=O) groups excluding carboxylic acids is 1. The number of ether oxygens (including phenoxy) is 1. The molecule has 0 spiro atoms. The molecule has 1 saturated heterocycles. The van der Waals surface area contributed by atoms with Crippen molar-refractivity contribution in [3.05, 3.63) is 47.8 Å². The van der Waals surface area contributed by atoms with Crippen molar-refractivity contribution in [2.75, 3.05) is 6.54 Å². The zero-order valence-corrected chi connectivity index (χ0v) is 14.8. The lowest BCUT2D eigenvalue weighted by Gasteiger charge is -2.13. The summed E-state index contributed by atoms with van der Waals surface area (Å²) in [7, 11) is 0. The SMILES string of the molecule is CC(C)c1nn(-c2ccccc2)cc1CNC(=O)[C@@H]1CC[C@H](CN)O1. The van der Waals surface area contributed by atoms with Gasteiger partial charge in [0.2, 0.25) is 5.91 Å². The summed E-state index contributed by atoms with van der Waals surface area (Å²) in [4.78, 5) is 12.3. The highest BCUT2D eigenvalue weighted by atomic mass is 16.5. The Labute approximate surface area is 148 Å². The topological polar surface area (TPSA) is 82.2 Å². The Morgan fingerprint density at radius 2 is 2.12 bits per heavy atom. The van der Waals surface area contributed by atoms with E-state index in [9.17, 15) is 4.79 Å². The summed E-state index contributed by atoms with van der Waals surface area (Å²) in [6.07, 6.45) is 3.18. The molecular formula is C19H26N4O2. The Bertz CT molecular complexity index is 711. The maximum absolute atomic E-state index is 12.3. The molecule has 6 nitrogen and oxygen atoms in total. The van der Waals surface area contributed by atoms with Crippen LogP contribution in [0.2, 0.25) is 0 Å². The van der Waals surface area contributed by atoms with Gasteiger partial charge in [-0.05, 0) is 30.9 Å². The first kappa shape index (κ1) is 17.6. The van der Waals surface area contributed by atoms with Crippen LogP contribution in [0.15, 0.2) is 36.5 Å². The Morgan fingerprint density at radius 1 is 1.36 bits per heavy atom. The number of carbonyl (C=O) groups is 1. The van der Waals surface area contributed by atoms with E-state index in [1.54, 1.807) is 0 Å². The van der Waals surface area contributed by atoms with Gasteiger partial charge >= 0.3 is 0 Å². The van der Waals surface area contributed by atoms with Crippen molar-refractivity contribution >= 4 is 5.91 Å². The normalized spacial score (nSPS) is 20.2. The van der Waals surface area contributed by atoms with E-state index in [-0.39, 0.29) is 24.0 Å². The fraction of sp³-hybridized carbons (Fsp3) is 0.474. The first-order valence-corrected chi connectivity index (χ1v) is 8.85. The fourth-order valence-electron chi connectivity index (χ4n) is 3.13. The second-order valence-corrected chi connectivity index (χ2v) is 6.75. The monoisotopic (exact) mass is 342 g/mol. The third-order valence-corrected chi connectivity index (χ3v) is 4.51. The molecular weight excluding hydrogens is 316 g/mol. The zero-order valence-electron chi connectivity index (χ0n) is 14.8. The molecule has 2 atom stereocenters. The number of benzene rings is 1. The largest absolute Gasteiger partial charge is 0.364 e. The minimum Gasteiger partial charge on any atom is -0.364 e. The number of aromatic nitrogens is 2. The van der Waals surface area contributed by atoms with Gasteiger partial charge in [0.25, 0.3) is 0 Å². The van der Waals surface area contributed by atoms with Gasteiger partial charge in [-0.3, -0.25) is 4.79 Å². The molecule has 1 fully saturated rings. The van der Waals surface area contributed by atoms with Gasteiger partial charge in [0.1, 0.15) is 6.10 Å². The molecule has 1 aliphatic rings. The predicted octanol–water partition coefficient (Wildman–Crippen LogP) is 2.12. The molecule has 0 radical (unpaired) electrons. The van der Waals surface area contributed by atoms with Gasteiger partial charge in [0, 0.05) is 24.8 Å². The van der Waals surface area contributed by atoms with Crippen molar-refractivity contribution in [2.45, 2.75) is 51.4 Å². The van der Waals surface area contributed by atoms with Crippen molar-refractivity contribution in [1.82, 2.24) is 15.1 Å². The maximum atomic E-state index is 12.3. The smallest absolute Gasteiger partial charge is 0.249 e. The van der Waals surface area contributed by atoms with E-state index < -0.39 is 0 Å². The highest BCUT2D eigenvalue weighted by Gasteiger charge is 2.29. The number of para-hydroxylation sites is 1. The van der Waals surface area contributed by atoms with E-state index in [0.29, 0.717) is 13.1 Å². The van der Waals surface area contributed by atoms with E-state index in [2.05, 4.69) is 19.2 Å². The minimum absolute atomic E-state index is 0.00260. The molecule has 6 heteroatoms. The van der Waals surface area contributed by atoms with Gasteiger partial charge in [0.05, 0.1) is 17.5 Å². The molecule has 0 aliphatic carbocycles. The lowest BCUT2D eigenvalue weighted by atomic mass is 10.1. The molecule has 3 N–H and O–H groups in total. The molecule has 0 unspecified atom stereocenters. The minimum atomic E-state index is -0.389. The average molecular weight is 342 g/mol. The first-order valence-electron chi connectivity index (χ1n) is 8.85. The molecule has 0 bridgehead atoms. The second-order valence-electron chi connectivity index (χ2n) is 6.75. The summed E-state index contributed by atoms with van der Waals surface area (Å²) < 4.78 is 7.52. The molecule has 1 aromatic heterocycles. The first-order chi connectivity index (χ1) is 12.1. The highest BCUT2D eigenvalue weighted by molar-refractivity contribution is 5.81. The number of nitrogens with zero attached hydrogens (tertiary/aromatic N) is 2. The average Bonchev–Trinajstić information content (AvgIpc) is 3.27. The van der Waals surface area contributed by atoms with Crippen LogP contribution in [0, 0.1) is 0 Å². The van der Waals surface area contributed by atoms with E-state index in [1.165, 1.54) is 0 Å². The van der Waals surface area contributed by atoms with Crippen molar-refractivity contribution in [3.8, 4) is 5.69 Å². The predicted molar refractivity (Wildman–Crippen MR) is 96.4 cm³/mol. The Morgan fingerprint density at radius 3 is 2.76 bits per heavy atom. The number of hydrogen-bond acceptors (Lipinski definition) is 4. The fourth-order valence-corrected chi connectivity index (χ4v) is 3.13. The van der Waals surface area contributed by atoms with Crippen LogP contribution < -0.4 is 11.1 Å². The van der Waals surface area contributed by atoms with Gasteiger partial charge in [0.15, 0.2) is 0 Å². The number of rotatable bonds is 6. The van der Waals surface area contributed by atoms with Crippen LogP contribution in [0.25, 0.3) is 5.69 Å². The summed E-state index contributed by atoms with van der Waals surface area (Å²) in [5, 5.41) is 7.69. The van der Waals surface area contributed by atoms with Crippen LogP contribution in [0.4, 0.5) is 0 Å². The molecule has 2 heterocycles. The molecule has 1 amide bonds. The highest BCUT2D eigenvalue weighted by Crippen LogP contribution is 2.21. The van der Waals surface area contributed by atoms with E-state index in [4.69, 9.17) is 15.6 Å². The molecule has 134 valence electrons. The standard InChI is InChI=1S/C19H26N4O2/c1-13(2)18-14(12-23(22-18)15-6-4-3-5-7-15)11-21-19(24)17-9-8-16(10-20)25-17/h3-7,12-13,16-17H,8-11,20H2,1-2H3,(H,21,24)/t16-,17+/m1/s1. The van der Waals surface area contributed by atoms with Gasteiger partial charge in [-0.15, -0.1) is 0 Å². The van der Waals surface area contributed by atoms with Gasteiger partial charge in [-0.2, -0.15) is 5.10 Å². The summed E-state index contributed by atoms with van der Waals surface area (Å²) in [5.41, 5.74) is 8.64. The lowest BCUT2D eigenvalue weighted by molar-refractivity contribution is -0.132. The van der Waals surface area contributed by atoms with Gasteiger partial charge in [-0.1, -0.05) is 32.0 Å². The number of nitrogens with one attached hydrogen (secondary N) is 1. The second kappa shape index (κ2) is 7.80. The summed E-state index contributed by atoms with van der Waals surface area (Å²) in [6.45, 7) is 5.13. The van der Waals surface area contributed by atoms with Crippen molar-refractivity contribution < 1.29 is 9.53 Å². The summed E-state index contributed by atoms with van der Waals surface area (Å²) in [6, 6.07) is 9.98. The Kier molecular flexibility index (Phi) is 5.50. The van der Waals surface area contributed by atoms with Crippen molar-refractivity contribution in [1.29, 1.82) is 0 Å². The van der Waals surface area contributed by atoms with Gasteiger partial charge in [-0.25, -0.2) is 4.68 Å². The molecule has 25 heavy (non-hydrogen) atoms. The molecule has 1 aliphatic heterocycles. The van der Waals surface area contributed by atoms with Crippen LogP contribution in [0.3, 0.4) is 0 Å². The Hall–Kier alpha value is -2.18. The van der Waals surface area contributed by atoms with Gasteiger partial charge < -0.3 is 15.8 Å². The summed E-state index contributed by atoms with van der Waals surface area (Å²) in [5.74, 6) is 0.208. The van der Waals surface area contributed by atoms with Crippen molar-refractivity contribution in [3.63, 3.8) is 0 Å². The third-order valence-electron chi connectivity index (χ3n) is 4.51. The van der Waals surface area contributed by atoms with Crippen LogP contribution in [-0.2, 0) is 16.1 Å². The van der Waals surface area contributed by atoms with Crippen LogP contribution in [-0.4, -0.2) is 34.4 Å². The molecule has 0 saturated carbocycles. The van der Waals surface area contributed by atoms with E-state index in [0.717, 1.165) is 29.8 Å². The van der Waals surface area contributed by atoms with Crippen molar-refractivity contribution in [2.24, 2.45) is 5.73 Å². The zero-order chi connectivity index (χ0) is 17.8.